The van der Waals surface area contributed by atoms with E-state index in [-0.39, 0.29) is 28.4 Å². The molecular weight excluding hydrogens is 634 g/mol. The Kier molecular flexibility index (Phi) is 8.57. The molecule has 2 aromatic heterocycles. The Hall–Kier alpha value is -4.71. The van der Waals surface area contributed by atoms with Gasteiger partial charge in [-0.25, -0.2) is 9.79 Å². The van der Waals surface area contributed by atoms with Crippen LogP contribution in [-0.4, -0.2) is 28.3 Å². The lowest BCUT2D eigenvalue weighted by atomic mass is 9.93. The number of rotatable bonds is 8. The van der Waals surface area contributed by atoms with Gasteiger partial charge in [0.15, 0.2) is 4.80 Å². The van der Waals surface area contributed by atoms with Crippen molar-refractivity contribution in [2.24, 2.45) is 4.99 Å². The Morgan fingerprint density at radius 1 is 1.13 bits per heavy atom. The maximum absolute atomic E-state index is 14.1. The Morgan fingerprint density at radius 3 is 2.56 bits per heavy atom. The number of halogens is 1. The van der Waals surface area contributed by atoms with Crippen molar-refractivity contribution in [1.82, 2.24) is 4.57 Å². The van der Waals surface area contributed by atoms with Gasteiger partial charge in [0.25, 0.3) is 11.2 Å². The third-order valence-corrected chi connectivity index (χ3v) is 9.17. The van der Waals surface area contributed by atoms with Gasteiger partial charge in [-0.2, -0.15) is 0 Å². The number of aromatic nitrogens is 1. The minimum absolute atomic E-state index is 0.133. The maximum Gasteiger partial charge on any atom is 0.338 e. The molecule has 1 aliphatic rings. The van der Waals surface area contributed by atoms with Crippen molar-refractivity contribution in [3.05, 3.63) is 142 Å². The molecule has 3 heterocycles. The quantitative estimate of drug-likeness (QED) is 0.0812. The van der Waals surface area contributed by atoms with E-state index in [0.717, 1.165) is 16.0 Å². The standard InChI is InChI=1S/C33H24ClN3O6S2/c1-3-42-32(39)28-29(19-7-5-4-6-8-19)35-33-36(30(28)20-9-13-23(44-2)14-10-20)31(38)27(45-33)18-22-12-16-26(43-22)24-15-11-21(37(40)41)17-25(24)34/h4-18,30H,3H2,1-2H3/b27-18-/t30-/m1/s1. The van der Waals surface area contributed by atoms with Gasteiger partial charge in [0.2, 0.25) is 0 Å². The molecule has 5 aromatic rings. The van der Waals surface area contributed by atoms with Crippen molar-refractivity contribution >= 4 is 58.1 Å². The lowest BCUT2D eigenvalue weighted by Crippen LogP contribution is -2.40. The van der Waals surface area contributed by atoms with Crippen LogP contribution in [0.15, 0.2) is 110 Å². The van der Waals surface area contributed by atoms with Crippen molar-refractivity contribution in [3.8, 4) is 11.3 Å². The molecule has 0 N–H and O–H groups in total. The first-order chi connectivity index (χ1) is 21.8. The average Bonchev–Trinajstić information content (AvgIpc) is 3.64. The highest BCUT2D eigenvalue weighted by Gasteiger charge is 2.35. The molecule has 12 heteroatoms. The van der Waals surface area contributed by atoms with Crippen LogP contribution in [0.4, 0.5) is 5.69 Å². The summed E-state index contributed by atoms with van der Waals surface area (Å²) in [4.78, 5) is 44.6. The van der Waals surface area contributed by atoms with Crippen molar-refractivity contribution in [3.63, 3.8) is 0 Å². The van der Waals surface area contributed by atoms with E-state index in [1.165, 1.54) is 34.1 Å². The van der Waals surface area contributed by atoms with Crippen LogP contribution in [-0.2, 0) is 9.53 Å². The highest BCUT2D eigenvalue weighted by molar-refractivity contribution is 7.98. The number of fused-ring (bicyclic) bond motifs is 1. The third kappa shape index (κ3) is 5.89. The Bertz CT molecular complexity index is 2150. The van der Waals surface area contributed by atoms with E-state index in [1.54, 1.807) is 36.9 Å². The van der Waals surface area contributed by atoms with Gasteiger partial charge in [0.1, 0.15) is 11.5 Å². The number of hydrogen-bond donors (Lipinski definition) is 0. The number of thioether (sulfide) groups is 1. The summed E-state index contributed by atoms with van der Waals surface area (Å²) in [6.07, 6.45) is 3.59. The summed E-state index contributed by atoms with van der Waals surface area (Å²) in [6, 6.07) is 23.8. The number of nitro benzene ring substituents is 1. The second-order valence-corrected chi connectivity index (χ2v) is 12.1. The molecule has 0 radical (unpaired) electrons. The molecule has 226 valence electrons. The number of furan rings is 1. The van der Waals surface area contributed by atoms with Crippen molar-refractivity contribution < 1.29 is 18.9 Å². The zero-order chi connectivity index (χ0) is 31.7. The molecule has 45 heavy (non-hydrogen) atoms. The topological polar surface area (TPSA) is 117 Å². The predicted molar refractivity (Wildman–Crippen MR) is 175 cm³/mol. The van der Waals surface area contributed by atoms with Crippen LogP contribution in [0.1, 0.15) is 29.9 Å². The van der Waals surface area contributed by atoms with E-state index in [4.69, 9.17) is 25.7 Å². The second-order valence-electron chi connectivity index (χ2n) is 9.83. The van der Waals surface area contributed by atoms with Crippen LogP contribution >= 0.6 is 34.7 Å². The van der Waals surface area contributed by atoms with E-state index in [2.05, 4.69) is 0 Å². The molecule has 1 atom stereocenters. The van der Waals surface area contributed by atoms with Crippen LogP contribution in [0.5, 0.6) is 0 Å². The fourth-order valence-electron chi connectivity index (χ4n) is 5.06. The van der Waals surface area contributed by atoms with Gasteiger partial charge in [-0.3, -0.25) is 19.5 Å². The first-order valence-electron chi connectivity index (χ1n) is 13.8. The highest BCUT2D eigenvalue weighted by atomic mass is 35.5. The Labute approximate surface area is 269 Å². The molecule has 0 fully saturated rings. The summed E-state index contributed by atoms with van der Waals surface area (Å²) >= 11 is 9.08. The summed E-state index contributed by atoms with van der Waals surface area (Å²) in [7, 11) is 0. The summed E-state index contributed by atoms with van der Waals surface area (Å²) in [5, 5.41) is 11.3. The summed E-state index contributed by atoms with van der Waals surface area (Å²) < 4.78 is 13.4. The fourth-order valence-corrected chi connectivity index (χ4v) is 6.72. The molecule has 0 aliphatic carbocycles. The van der Waals surface area contributed by atoms with E-state index in [9.17, 15) is 19.7 Å². The minimum atomic E-state index is -0.792. The summed E-state index contributed by atoms with van der Waals surface area (Å²) in [5.74, 6) is 0.207. The SMILES string of the molecule is CCOC(=O)C1=C(c2ccccc2)N=c2s/c(=C\c3ccc(-c4ccc([N+](=O)[O-])cc4Cl)o3)c(=O)n2[C@@H]1c1ccc(SC)cc1. The second kappa shape index (κ2) is 12.7. The zero-order valence-corrected chi connectivity index (χ0v) is 26.3. The largest absolute Gasteiger partial charge is 0.463 e. The van der Waals surface area contributed by atoms with Gasteiger partial charge in [-0.15, -0.1) is 11.8 Å². The van der Waals surface area contributed by atoms with Gasteiger partial charge in [-0.1, -0.05) is 65.4 Å². The van der Waals surface area contributed by atoms with Crippen LogP contribution in [0.3, 0.4) is 0 Å². The van der Waals surface area contributed by atoms with Gasteiger partial charge in [-0.05, 0) is 49.1 Å². The van der Waals surface area contributed by atoms with Crippen molar-refractivity contribution in [1.29, 1.82) is 0 Å². The van der Waals surface area contributed by atoms with Gasteiger partial charge < -0.3 is 9.15 Å². The lowest BCUT2D eigenvalue weighted by Gasteiger charge is -2.26. The number of thiazole rings is 1. The van der Waals surface area contributed by atoms with Crippen LogP contribution in [0.25, 0.3) is 23.1 Å². The third-order valence-electron chi connectivity index (χ3n) is 7.13. The van der Waals surface area contributed by atoms with Crippen LogP contribution in [0.2, 0.25) is 5.02 Å². The van der Waals surface area contributed by atoms with E-state index >= 15 is 0 Å². The molecule has 0 unspecified atom stereocenters. The van der Waals surface area contributed by atoms with Gasteiger partial charge in [0, 0.05) is 34.2 Å². The molecule has 0 bridgehead atoms. The smallest absolute Gasteiger partial charge is 0.338 e. The molecular formula is C33H24ClN3O6S2. The average molecular weight is 658 g/mol. The summed E-state index contributed by atoms with van der Waals surface area (Å²) in [6.45, 7) is 1.90. The molecule has 0 amide bonds. The normalized spacial score (nSPS) is 14.6. The maximum atomic E-state index is 14.1. The van der Waals surface area contributed by atoms with Crippen molar-refractivity contribution in [2.75, 3.05) is 12.9 Å². The zero-order valence-electron chi connectivity index (χ0n) is 23.9. The molecule has 0 saturated carbocycles. The predicted octanol–water partition coefficient (Wildman–Crippen LogP) is 6.48. The van der Waals surface area contributed by atoms with Gasteiger partial charge >= 0.3 is 5.97 Å². The number of esters is 1. The number of non-ortho nitro benzene ring substituents is 1. The number of nitrogens with zero attached hydrogens (tertiary/aromatic N) is 3. The number of carbonyl (C=O) groups is 1. The number of hydrogen-bond acceptors (Lipinski definition) is 9. The number of benzene rings is 3. The monoisotopic (exact) mass is 657 g/mol. The number of carbonyl (C=O) groups excluding carboxylic acids is 1. The van der Waals surface area contributed by atoms with Crippen LogP contribution in [0, 0.1) is 10.1 Å². The van der Waals surface area contributed by atoms with Crippen molar-refractivity contribution in [2.45, 2.75) is 17.9 Å². The lowest BCUT2D eigenvalue weighted by molar-refractivity contribution is -0.384. The molecule has 0 spiro atoms. The summed E-state index contributed by atoms with van der Waals surface area (Å²) in [5.41, 5.74) is 2.16. The number of ether oxygens (including phenoxy) is 1. The molecule has 6 rings (SSSR count). The van der Waals surface area contributed by atoms with E-state index < -0.39 is 16.9 Å². The molecule has 3 aromatic carbocycles. The van der Waals surface area contributed by atoms with E-state index in [0.29, 0.717) is 32.1 Å². The fraction of sp³-hybridized carbons (Fsp3) is 0.121. The highest BCUT2D eigenvalue weighted by Crippen LogP contribution is 2.36. The Balaban J connectivity index is 1.52. The van der Waals surface area contributed by atoms with Gasteiger partial charge in [0.05, 0.1) is 38.4 Å². The van der Waals surface area contributed by atoms with E-state index in [1.807, 2.05) is 60.9 Å². The first kappa shape index (κ1) is 30.3. The molecule has 1 aliphatic heterocycles. The first-order valence-corrected chi connectivity index (χ1v) is 16.2. The number of nitro groups is 1. The Morgan fingerprint density at radius 2 is 1.89 bits per heavy atom. The molecule has 9 nitrogen and oxygen atoms in total. The van der Waals surface area contributed by atoms with Crippen LogP contribution < -0.4 is 14.9 Å². The minimum Gasteiger partial charge on any atom is -0.463 e. The molecule has 0 saturated heterocycles.